The van der Waals surface area contributed by atoms with Gasteiger partial charge in [-0.1, -0.05) is 6.07 Å². The van der Waals surface area contributed by atoms with Gasteiger partial charge in [-0.25, -0.2) is 0 Å². The van der Waals surface area contributed by atoms with Crippen LogP contribution >= 0.6 is 0 Å². The van der Waals surface area contributed by atoms with Crippen LogP contribution in [-0.4, -0.2) is 53.0 Å². The fraction of sp³-hybridized carbons (Fsp3) is 0.318. The fourth-order valence-electron chi connectivity index (χ4n) is 3.86. The minimum atomic E-state index is -0.713. The van der Waals surface area contributed by atoms with E-state index in [9.17, 15) is 14.7 Å². The van der Waals surface area contributed by atoms with E-state index in [0.29, 0.717) is 30.0 Å². The standard InChI is InChI=1S/C22H22N2O5/c1-28-16-8-6-14(7-9-16)20(25)18-19(15-4-2-10-23-12-15)24(22(27)21(18)26)13-17-5-3-11-29-17/h2,4,6-10,12,17,19,25H,3,5,11,13H2,1H3/b20-18-. The van der Waals surface area contributed by atoms with Crippen LogP contribution in [0.1, 0.15) is 30.0 Å². The molecular weight excluding hydrogens is 372 g/mol. The molecule has 2 atom stereocenters. The molecular formula is C22H22N2O5. The first-order valence-corrected chi connectivity index (χ1v) is 9.54. The molecule has 4 rings (SSSR count). The average Bonchev–Trinajstić information content (AvgIpc) is 3.36. The quantitative estimate of drug-likeness (QED) is 0.477. The molecule has 0 radical (unpaired) electrons. The number of aliphatic hydroxyl groups is 1. The molecule has 150 valence electrons. The van der Waals surface area contributed by atoms with Gasteiger partial charge in [0.05, 0.1) is 24.8 Å². The van der Waals surface area contributed by atoms with Crippen LogP contribution in [0.25, 0.3) is 5.76 Å². The number of ketones is 1. The first kappa shape index (κ1) is 19.1. The van der Waals surface area contributed by atoms with E-state index >= 15 is 0 Å². The minimum absolute atomic E-state index is 0.0613. The zero-order chi connectivity index (χ0) is 20.4. The Balaban J connectivity index is 1.79. The summed E-state index contributed by atoms with van der Waals surface area (Å²) in [7, 11) is 1.55. The number of nitrogens with zero attached hydrogens (tertiary/aromatic N) is 2. The third-order valence-electron chi connectivity index (χ3n) is 5.33. The number of aromatic nitrogens is 1. The van der Waals surface area contributed by atoms with Crippen LogP contribution in [0.2, 0.25) is 0 Å². The Hall–Kier alpha value is -3.19. The summed E-state index contributed by atoms with van der Waals surface area (Å²) < 4.78 is 10.8. The van der Waals surface area contributed by atoms with E-state index in [2.05, 4.69) is 4.98 Å². The lowest BCUT2D eigenvalue weighted by Gasteiger charge is -2.27. The number of Topliss-reactive ketones (excluding diaryl/α,β-unsaturated/α-hetero) is 1. The van der Waals surface area contributed by atoms with Crippen LogP contribution < -0.4 is 4.74 Å². The third kappa shape index (κ3) is 3.61. The van der Waals surface area contributed by atoms with E-state index in [1.807, 2.05) is 0 Å². The van der Waals surface area contributed by atoms with Gasteiger partial charge in [-0.05, 0) is 48.7 Å². The molecule has 7 nitrogen and oxygen atoms in total. The molecule has 1 aromatic heterocycles. The van der Waals surface area contributed by atoms with Crippen LogP contribution in [0.15, 0.2) is 54.4 Å². The average molecular weight is 394 g/mol. The van der Waals surface area contributed by atoms with Crippen molar-refractivity contribution in [2.45, 2.75) is 25.0 Å². The van der Waals surface area contributed by atoms with Gasteiger partial charge < -0.3 is 19.5 Å². The number of benzene rings is 1. The molecule has 0 spiro atoms. The summed E-state index contributed by atoms with van der Waals surface area (Å²) in [6.07, 6.45) is 4.88. The van der Waals surface area contributed by atoms with Gasteiger partial charge >= 0.3 is 0 Å². The normalized spacial score (nSPS) is 23.6. The Morgan fingerprint density at radius 3 is 2.69 bits per heavy atom. The molecule has 29 heavy (non-hydrogen) atoms. The van der Waals surface area contributed by atoms with Crippen LogP contribution in [-0.2, 0) is 14.3 Å². The summed E-state index contributed by atoms with van der Waals surface area (Å²) in [4.78, 5) is 31.4. The molecule has 0 saturated carbocycles. The Morgan fingerprint density at radius 2 is 2.07 bits per heavy atom. The van der Waals surface area contributed by atoms with E-state index < -0.39 is 17.7 Å². The Kier molecular flexibility index (Phi) is 5.31. The molecule has 7 heteroatoms. The molecule has 2 unspecified atom stereocenters. The van der Waals surface area contributed by atoms with Gasteiger partial charge in [-0.2, -0.15) is 0 Å². The third-order valence-corrected chi connectivity index (χ3v) is 5.33. The van der Waals surface area contributed by atoms with Gasteiger partial charge in [0.2, 0.25) is 0 Å². The second-order valence-electron chi connectivity index (χ2n) is 7.10. The number of hydrogen-bond acceptors (Lipinski definition) is 6. The highest BCUT2D eigenvalue weighted by molar-refractivity contribution is 6.46. The number of aliphatic hydroxyl groups excluding tert-OH is 1. The van der Waals surface area contributed by atoms with Gasteiger partial charge in [-0.3, -0.25) is 14.6 Å². The van der Waals surface area contributed by atoms with Crippen molar-refractivity contribution in [3.63, 3.8) is 0 Å². The van der Waals surface area contributed by atoms with Gasteiger partial charge in [0.15, 0.2) is 0 Å². The summed E-state index contributed by atoms with van der Waals surface area (Å²) in [6.45, 7) is 0.946. The first-order valence-electron chi connectivity index (χ1n) is 9.54. The maximum atomic E-state index is 12.9. The number of carbonyl (C=O) groups excluding carboxylic acids is 2. The second kappa shape index (κ2) is 8.05. The molecule has 2 saturated heterocycles. The topological polar surface area (TPSA) is 89.0 Å². The van der Waals surface area contributed by atoms with Crippen molar-refractivity contribution in [3.8, 4) is 5.75 Å². The minimum Gasteiger partial charge on any atom is -0.507 e. The van der Waals surface area contributed by atoms with E-state index in [4.69, 9.17) is 9.47 Å². The lowest BCUT2D eigenvalue weighted by Crippen LogP contribution is -2.36. The van der Waals surface area contributed by atoms with E-state index in [1.54, 1.807) is 55.9 Å². The van der Waals surface area contributed by atoms with Gasteiger partial charge in [0.25, 0.3) is 11.7 Å². The summed E-state index contributed by atoms with van der Waals surface area (Å²) in [5, 5.41) is 11.0. The number of methoxy groups -OCH3 is 1. The molecule has 3 heterocycles. The van der Waals surface area contributed by atoms with Gasteiger partial charge in [0.1, 0.15) is 11.5 Å². The highest BCUT2D eigenvalue weighted by Gasteiger charge is 2.47. The van der Waals surface area contributed by atoms with Crippen LogP contribution in [0.3, 0.4) is 0 Å². The highest BCUT2D eigenvalue weighted by Crippen LogP contribution is 2.39. The van der Waals surface area contributed by atoms with Crippen molar-refractivity contribution in [1.82, 2.24) is 9.88 Å². The summed E-state index contributed by atoms with van der Waals surface area (Å²) in [5.41, 5.74) is 1.17. The molecule has 1 aromatic carbocycles. The fourth-order valence-corrected chi connectivity index (χ4v) is 3.86. The largest absolute Gasteiger partial charge is 0.507 e. The number of pyridine rings is 1. The summed E-state index contributed by atoms with van der Waals surface area (Å²) >= 11 is 0. The first-order chi connectivity index (χ1) is 14.1. The molecule has 1 N–H and O–H groups in total. The number of ether oxygens (including phenoxy) is 2. The molecule has 0 bridgehead atoms. The smallest absolute Gasteiger partial charge is 0.295 e. The number of hydrogen-bond donors (Lipinski definition) is 1. The van der Waals surface area contributed by atoms with Crippen molar-refractivity contribution >= 4 is 17.4 Å². The van der Waals surface area contributed by atoms with E-state index in [0.717, 1.165) is 12.8 Å². The lowest BCUT2D eigenvalue weighted by molar-refractivity contribution is -0.140. The van der Waals surface area contributed by atoms with Gasteiger partial charge in [-0.15, -0.1) is 0 Å². The summed E-state index contributed by atoms with van der Waals surface area (Å²) in [6, 6.07) is 9.52. The predicted octanol–water partition coefficient (Wildman–Crippen LogP) is 2.69. The van der Waals surface area contributed by atoms with Crippen LogP contribution in [0.4, 0.5) is 0 Å². The van der Waals surface area contributed by atoms with Crippen molar-refractivity contribution in [3.05, 3.63) is 65.5 Å². The number of amides is 1. The molecule has 2 fully saturated rings. The molecule has 0 aliphatic carbocycles. The SMILES string of the molecule is COc1ccc(/C(O)=C2/C(=O)C(=O)N(CC3CCCO3)C2c2cccnc2)cc1. The molecule has 2 aromatic rings. The van der Waals surface area contributed by atoms with Crippen molar-refractivity contribution in [2.75, 3.05) is 20.3 Å². The van der Waals surface area contributed by atoms with E-state index in [1.165, 1.54) is 4.90 Å². The molecule has 2 aliphatic rings. The van der Waals surface area contributed by atoms with Crippen LogP contribution in [0, 0.1) is 0 Å². The zero-order valence-corrected chi connectivity index (χ0v) is 16.1. The molecule has 2 aliphatic heterocycles. The highest BCUT2D eigenvalue weighted by atomic mass is 16.5. The Morgan fingerprint density at radius 1 is 1.28 bits per heavy atom. The predicted molar refractivity (Wildman–Crippen MR) is 105 cm³/mol. The number of rotatable bonds is 5. The van der Waals surface area contributed by atoms with Crippen LogP contribution in [0.5, 0.6) is 5.75 Å². The number of carbonyl (C=O) groups is 2. The Labute approximate surface area is 168 Å². The van der Waals surface area contributed by atoms with Crippen molar-refractivity contribution in [2.24, 2.45) is 0 Å². The van der Waals surface area contributed by atoms with E-state index in [-0.39, 0.29) is 17.4 Å². The molecule has 1 amide bonds. The second-order valence-corrected chi connectivity index (χ2v) is 7.10. The number of likely N-dealkylation sites (tertiary alicyclic amines) is 1. The van der Waals surface area contributed by atoms with Crippen molar-refractivity contribution < 1.29 is 24.2 Å². The lowest BCUT2D eigenvalue weighted by atomic mass is 9.96. The summed E-state index contributed by atoms with van der Waals surface area (Å²) in [5.74, 6) is -0.923. The monoisotopic (exact) mass is 394 g/mol. The maximum Gasteiger partial charge on any atom is 0.295 e. The van der Waals surface area contributed by atoms with Gasteiger partial charge in [0, 0.05) is 31.1 Å². The maximum absolute atomic E-state index is 12.9. The zero-order valence-electron chi connectivity index (χ0n) is 16.1. The van der Waals surface area contributed by atoms with Crippen molar-refractivity contribution in [1.29, 1.82) is 0 Å². The Bertz CT molecular complexity index is 933.